The Morgan fingerprint density at radius 3 is 1.68 bits per heavy atom. The monoisotopic (exact) mass is 1070 g/mol. The van der Waals surface area contributed by atoms with Crippen LogP contribution in [0.5, 0.6) is 0 Å². The lowest BCUT2D eigenvalue weighted by Crippen LogP contribution is -2.72. The Hall–Kier alpha value is -4.58. The van der Waals surface area contributed by atoms with Gasteiger partial charge in [0.25, 0.3) is 16.6 Å². The molecule has 8 atom stereocenters. The number of hydrogen-bond donors (Lipinski definition) is 1. The molecule has 2 saturated heterocycles. The second-order valence-corrected chi connectivity index (χ2v) is 34.7. The Morgan fingerprint density at radius 1 is 0.720 bits per heavy atom. The van der Waals surface area contributed by atoms with Crippen LogP contribution in [-0.2, 0) is 33.9 Å². The van der Waals surface area contributed by atoms with Crippen LogP contribution in [0.1, 0.15) is 93.2 Å². The van der Waals surface area contributed by atoms with Crippen molar-refractivity contribution in [3.63, 3.8) is 0 Å². The van der Waals surface area contributed by atoms with E-state index in [0.29, 0.717) is 24.6 Å². The molecule has 12 heteroatoms. The number of benzene rings is 5. The normalized spacial score (nSPS) is 24.0. The Morgan fingerprint density at radius 2 is 1.21 bits per heavy atom. The second kappa shape index (κ2) is 24.8. The third-order valence-corrected chi connectivity index (χ3v) is 30.3. The average Bonchev–Trinajstić information content (AvgIpc) is 3.87. The van der Waals surface area contributed by atoms with E-state index < -0.39 is 36.8 Å². The van der Waals surface area contributed by atoms with E-state index in [2.05, 4.69) is 208 Å². The number of oxazole rings is 1. The molecule has 0 bridgehead atoms. The van der Waals surface area contributed by atoms with E-state index >= 15 is 0 Å². The van der Waals surface area contributed by atoms with Gasteiger partial charge in [0.1, 0.15) is 12.0 Å². The minimum absolute atomic E-state index is 0.0384. The molecule has 2 aliphatic heterocycles. The molecule has 2 aliphatic rings. The third-order valence-electron chi connectivity index (χ3n) is 16.5. The summed E-state index contributed by atoms with van der Waals surface area (Å²) in [5.74, 6) is -1.21. The lowest BCUT2D eigenvalue weighted by molar-refractivity contribution is -0.279. The van der Waals surface area contributed by atoms with Crippen LogP contribution in [0.2, 0.25) is 23.2 Å². The van der Waals surface area contributed by atoms with E-state index in [1.807, 2.05) is 12.1 Å². The van der Waals surface area contributed by atoms with Crippen LogP contribution in [0, 0.1) is 11.8 Å². The highest BCUT2D eigenvalue weighted by molar-refractivity contribution is 7.07. The van der Waals surface area contributed by atoms with E-state index in [1.165, 1.54) is 25.9 Å². The standard InChI is InChI=1S/C63H83NO8Si3/c1-11-73(12-2,13-3)68-40-39-58-48(5)61(72-74(53-29-19-14-20-30-53,54-31-21-15-22-32-54)55-33-23-16-24-34-55)49(6)60(70-58)47(4)41-50-45-67-59(64-50)44-63(65)43-51(66-10)42-52(71-63)46-69-75(62(7,8)9,56-35-25-17-26-36-56)57-37-27-18-28-38-57/h14-38,41,45,48-49,51-52,58,60-61,65H,11-13,39-40,42-44,46H2,1-10H3/b47-41+/t48-,49-,51+,52+,58+,60-,61-,63-/m0/s1. The molecule has 0 unspecified atom stereocenters. The number of hydrogen-bond acceptors (Lipinski definition) is 9. The number of nitrogens with zero attached hydrogens (tertiary/aromatic N) is 1. The maximum Gasteiger partial charge on any atom is 0.288 e. The summed E-state index contributed by atoms with van der Waals surface area (Å²) in [5, 5.41) is 18.1. The number of rotatable bonds is 22. The summed E-state index contributed by atoms with van der Waals surface area (Å²) in [6, 6.07) is 57.0. The van der Waals surface area contributed by atoms with Crippen molar-refractivity contribution in [1.82, 2.24) is 4.98 Å². The van der Waals surface area contributed by atoms with E-state index in [-0.39, 0.29) is 60.7 Å². The van der Waals surface area contributed by atoms with Crippen molar-refractivity contribution in [1.29, 1.82) is 0 Å². The van der Waals surface area contributed by atoms with Gasteiger partial charge in [-0.2, -0.15) is 0 Å². The van der Waals surface area contributed by atoms with Gasteiger partial charge in [-0.1, -0.05) is 207 Å². The molecule has 400 valence electrons. The number of ether oxygens (including phenoxy) is 3. The molecule has 8 rings (SSSR count). The lowest BCUT2D eigenvalue weighted by atomic mass is 9.80. The van der Waals surface area contributed by atoms with E-state index in [9.17, 15) is 5.11 Å². The highest BCUT2D eigenvalue weighted by atomic mass is 28.4. The van der Waals surface area contributed by atoms with Crippen molar-refractivity contribution in [2.75, 3.05) is 20.3 Å². The Labute approximate surface area is 451 Å². The maximum atomic E-state index is 12.3. The lowest BCUT2D eigenvalue weighted by Gasteiger charge is -2.49. The SMILES string of the molecule is CC[Si](CC)(CC)OCC[C@H]1O[C@@H](/C(C)=C/c2coc(C[C@]3(O)C[C@H](OC)C[C@H](CO[Si](c4ccccc4)(c4ccccc4)C(C)(C)C)O3)n2)[C@H](C)[C@@H](O[Si](c2ccccc2)(c2ccccc2)c2ccccc2)[C@H]1C. The molecule has 3 heterocycles. The first-order chi connectivity index (χ1) is 36.1. The minimum Gasteiger partial charge on any atom is -0.448 e. The summed E-state index contributed by atoms with van der Waals surface area (Å²) >= 11 is 0. The van der Waals surface area contributed by atoms with Gasteiger partial charge in [0.05, 0.1) is 43.5 Å². The minimum atomic E-state index is -3.11. The highest BCUT2D eigenvalue weighted by Crippen LogP contribution is 2.41. The molecule has 0 amide bonds. The summed E-state index contributed by atoms with van der Waals surface area (Å²) < 4.78 is 48.4. The molecule has 1 N–H and O–H groups in total. The van der Waals surface area contributed by atoms with Crippen LogP contribution in [0.4, 0.5) is 0 Å². The molecule has 0 spiro atoms. The zero-order valence-corrected chi connectivity index (χ0v) is 49.2. The van der Waals surface area contributed by atoms with Crippen LogP contribution in [0.15, 0.2) is 168 Å². The van der Waals surface area contributed by atoms with E-state index in [4.69, 9.17) is 36.9 Å². The summed E-state index contributed by atoms with van der Waals surface area (Å²) in [6.07, 6.45) is 4.10. The molecule has 9 nitrogen and oxygen atoms in total. The predicted molar refractivity (Wildman–Crippen MR) is 311 cm³/mol. The quantitative estimate of drug-likeness (QED) is 0.0526. The van der Waals surface area contributed by atoms with Crippen molar-refractivity contribution in [2.45, 2.75) is 147 Å². The molecular weight excluding hydrogens is 983 g/mol. The fourth-order valence-corrected chi connectivity index (χ4v) is 23.8. The van der Waals surface area contributed by atoms with Crippen molar-refractivity contribution >= 4 is 57.0 Å². The third kappa shape index (κ3) is 12.4. The Kier molecular flexibility index (Phi) is 18.7. The van der Waals surface area contributed by atoms with Gasteiger partial charge in [0.2, 0.25) is 0 Å². The van der Waals surface area contributed by atoms with Gasteiger partial charge in [-0.25, -0.2) is 4.98 Å². The summed E-state index contributed by atoms with van der Waals surface area (Å²) in [5.41, 5.74) is 1.67. The largest absolute Gasteiger partial charge is 0.448 e. The summed E-state index contributed by atoms with van der Waals surface area (Å²) in [7, 11) is -6.13. The average molecular weight is 1070 g/mol. The fourth-order valence-electron chi connectivity index (χ4n) is 12.3. The van der Waals surface area contributed by atoms with Crippen LogP contribution < -0.4 is 25.9 Å². The van der Waals surface area contributed by atoms with Crippen molar-refractivity contribution in [3.05, 3.63) is 175 Å². The van der Waals surface area contributed by atoms with Gasteiger partial charge in [-0.3, -0.25) is 0 Å². The molecule has 1 aromatic heterocycles. The number of aliphatic hydroxyl groups is 1. The molecule has 0 saturated carbocycles. The summed E-state index contributed by atoms with van der Waals surface area (Å²) in [4.78, 5) is 4.97. The molecule has 75 heavy (non-hydrogen) atoms. The summed E-state index contributed by atoms with van der Waals surface area (Å²) in [6.45, 7) is 21.3. The van der Waals surface area contributed by atoms with Gasteiger partial charge in [0, 0.05) is 38.4 Å². The molecule has 0 radical (unpaired) electrons. The van der Waals surface area contributed by atoms with Crippen LogP contribution >= 0.6 is 0 Å². The Balaban J connectivity index is 1.07. The van der Waals surface area contributed by atoms with Crippen LogP contribution in [0.25, 0.3) is 6.08 Å². The fraction of sp³-hybridized carbons (Fsp3) is 0.444. The van der Waals surface area contributed by atoms with Crippen molar-refractivity contribution < 1.29 is 37.0 Å². The van der Waals surface area contributed by atoms with E-state index in [1.54, 1.807) is 13.4 Å². The van der Waals surface area contributed by atoms with Gasteiger partial charge < -0.3 is 37.0 Å². The molecule has 2 fully saturated rings. The zero-order chi connectivity index (χ0) is 53.3. The number of aromatic nitrogens is 1. The predicted octanol–water partition coefficient (Wildman–Crippen LogP) is 10.6. The first-order valence-corrected chi connectivity index (χ1v) is 33.9. The van der Waals surface area contributed by atoms with Crippen molar-refractivity contribution in [3.8, 4) is 0 Å². The molecule has 5 aromatic carbocycles. The van der Waals surface area contributed by atoms with Crippen LogP contribution in [-0.4, -0.2) is 91.7 Å². The highest BCUT2D eigenvalue weighted by Gasteiger charge is 2.53. The molecule has 0 aliphatic carbocycles. The van der Waals surface area contributed by atoms with E-state index in [0.717, 1.165) is 30.1 Å². The van der Waals surface area contributed by atoms with Gasteiger partial charge in [-0.05, 0) is 74.1 Å². The molecular formula is C63H83NO8Si3. The topological polar surface area (TPSA) is 102 Å². The van der Waals surface area contributed by atoms with Gasteiger partial charge in [-0.15, -0.1) is 0 Å². The Bertz CT molecular complexity index is 2560. The first-order valence-electron chi connectivity index (χ1n) is 27.6. The zero-order valence-electron chi connectivity index (χ0n) is 46.2. The molecule has 6 aromatic rings. The number of methoxy groups -OCH3 is 1. The van der Waals surface area contributed by atoms with Crippen LogP contribution in [0.3, 0.4) is 0 Å². The smallest absolute Gasteiger partial charge is 0.288 e. The second-order valence-electron chi connectivity index (χ2n) is 22.2. The maximum absolute atomic E-state index is 12.3. The first kappa shape index (κ1) is 56.6. The van der Waals surface area contributed by atoms with Gasteiger partial charge >= 0.3 is 0 Å². The van der Waals surface area contributed by atoms with Gasteiger partial charge in [0.15, 0.2) is 20.0 Å². The van der Waals surface area contributed by atoms with Crippen molar-refractivity contribution in [2.24, 2.45) is 11.8 Å².